The monoisotopic (exact) mass is 203 g/mol. The van der Waals surface area contributed by atoms with E-state index in [1.165, 1.54) is 22.8 Å². The van der Waals surface area contributed by atoms with E-state index in [0.29, 0.717) is 17.5 Å². The van der Waals surface area contributed by atoms with Gasteiger partial charge in [0.25, 0.3) is 5.91 Å². The molecule has 0 aromatic carbocycles. The van der Waals surface area contributed by atoms with E-state index in [4.69, 9.17) is 11.6 Å². The largest absolute Gasteiger partial charge is 0.271 e. The number of aromatic nitrogens is 3. The molecule has 0 amide bonds. The summed E-state index contributed by atoms with van der Waals surface area (Å²) < 4.78 is 1.34. The van der Waals surface area contributed by atoms with Crippen molar-refractivity contribution in [3.8, 4) is 0 Å². The zero-order chi connectivity index (χ0) is 8.55. The average Bonchev–Trinajstić information content (AvgIpc) is 2.58. The zero-order valence-corrected chi connectivity index (χ0v) is 7.68. The zero-order valence-electron chi connectivity index (χ0n) is 6.11. The normalized spacial score (nSPS) is 21.4. The Labute approximate surface area is 78.3 Å². The lowest BCUT2D eigenvalue weighted by Gasteiger charge is -2.00. The summed E-state index contributed by atoms with van der Waals surface area (Å²) in [6.45, 7) is 0. The molecule has 1 aliphatic rings. The Morgan fingerprint density at radius 2 is 2.58 bits per heavy atom. The molecule has 0 unspecified atom stereocenters. The van der Waals surface area contributed by atoms with Crippen LogP contribution in [0.5, 0.6) is 0 Å². The van der Waals surface area contributed by atoms with Crippen LogP contribution in [0.2, 0.25) is 0 Å². The van der Waals surface area contributed by atoms with E-state index >= 15 is 0 Å². The van der Waals surface area contributed by atoms with Crippen LogP contribution in [0.15, 0.2) is 11.5 Å². The number of hydrogen-bond donors (Lipinski definition) is 0. The molecule has 0 saturated carbocycles. The number of alkyl halides is 1. The maximum Gasteiger partial charge on any atom is 0.262 e. The Bertz CT molecular complexity index is 313. The molecule has 1 aromatic rings. The fraction of sp³-hybridized carbons (Fsp3) is 0.500. The van der Waals surface area contributed by atoms with Crippen molar-refractivity contribution in [1.82, 2.24) is 14.8 Å². The van der Waals surface area contributed by atoms with Crippen molar-refractivity contribution >= 4 is 29.3 Å². The van der Waals surface area contributed by atoms with E-state index in [0.717, 1.165) is 0 Å². The Morgan fingerprint density at radius 3 is 3.25 bits per heavy atom. The summed E-state index contributed by atoms with van der Waals surface area (Å²) in [5.41, 5.74) is 0. The molecule has 0 spiro atoms. The molecule has 1 atom stereocenters. The van der Waals surface area contributed by atoms with Gasteiger partial charge in [0, 0.05) is 5.88 Å². The summed E-state index contributed by atoms with van der Waals surface area (Å²) in [4.78, 5) is 15.4. The van der Waals surface area contributed by atoms with Gasteiger partial charge in [-0.25, -0.2) is 4.98 Å². The number of rotatable bonds is 2. The molecule has 12 heavy (non-hydrogen) atoms. The number of hydrogen-bond acceptors (Lipinski definition) is 4. The molecule has 1 aliphatic heterocycles. The molecule has 0 fully saturated rings. The van der Waals surface area contributed by atoms with E-state index in [-0.39, 0.29) is 11.2 Å². The van der Waals surface area contributed by atoms with E-state index < -0.39 is 0 Å². The third-order valence-electron chi connectivity index (χ3n) is 1.62. The molecule has 64 valence electrons. The van der Waals surface area contributed by atoms with Crippen molar-refractivity contribution in [1.29, 1.82) is 0 Å². The molecule has 0 N–H and O–H groups in total. The molecule has 0 radical (unpaired) electrons. The molecular formula is C6H6ClN3OS. The summed E-state index contributed by atoms with van der Waals surface area (Å²) in [5.74, 6) is 0.488. The van der Waals surface area contributed by atoms with Gasteiger partial charge in [0.1, 0.15) is 6.33 Å². The van der Waals surface area contributed by atoms with Crippen molar-refractivity contribution in [3.63, 3.8) is 0 Å². The number of nitrogens with zero attached hydrogens (tertiary/aromatic N) is 3. The van der Waals surface area contributed by atoms with E-state index in [1.807, 2.05) is 0 Å². The average molecular weight is 204 g/mol. The molecule has 2 heterocycles. The Kier molecular flexibility index (Phi) is 2.06. The van der Waals surface area contributed by atoms with Gasteiger partial charge in [0.2, 0.25) is 0 Å². The first-order valence-electron chi connectivity index (χ1n) is 3.50. The molecule has 0 bridgehead atoms. The summed E-state index contributed by atoms with van der Waals surface area (Å²) in [7, 11) is 0. The first-order valence-corrected chi connectivity index (χ1v) is 4.91. The van der Waals surface area contributed by atoms with Gasteiger partial charge in [0.15, 0.2) is 5.16 Å². The van der Waals surface area contributed by atoms with Crippen molar-refractivity contribution < 1.29 is 4.79 Å². The maximum absolute atomic E-state index is 11.4. The van der Waals surface area contributed by atoms with E-state index in [2.05, 4.69) is 10.1 Å². The first-order chi connectivity index (χ1) is 5.83. The van der Waals surface area contributed by atoms with Crippen molar-refractivity contribution in [2.45, 2.75) is 16.8 Å². The van der Waals surface area contributed by atoms with Crippen molar-refractivity contribution in [2.75, 3.05) is 5.88 Å². The summed E-state index contributed by atoms with van der Waals surface area (Å²) in [6.07, 6.45) is 2.06. The fourth-order valence-corrected chi connectivity index (χ4v) is 2.44. The van der Waals surface area contributed by atoms with Crippen LogP contribution in [0.25, 0.3) is 0 Å². The summed E-state index contributed by atoms with van der Waals surface area (Å²) in [5, 5.41) is 4.39. The second-order valence-corrected chi connectivity index (χ2v) is 3.92. The predicted molar refractivity (Wildman–Crippen MR) is 45.6 cm³/mol. The highest BCUT2D eigenvalue weighted by molar-refractivity contribution is 8.00. The van der Waals surface area contributed by atoms with Gasteiger partial charge in [-0.15, -0.1) is 11.6 Å². The van der Waals surface area contributed by atoms with Gasteiger partial charge in [-0.3, -0.25) is 4.79 Å². The van der Waals surface area contributed by atoms with Crippen molar-refractivity contribution in [3.05, 3.63) is 6.33 Å². The van der Waals surface area contributed by atoms with Crippen molar-refractivity contribution in [2.24, 2.45) is 0 Å². The van der Waals surface area contributed by atoms with Crippen LogP contribution in [0.1, 0.15) is 11.2 Å². The van der Waals surface area contributed by atoms with Crippen LogP contribution in [0, 0.1) is 0 Å². The molecule has 6 heteroatoms. The lowest BCUT2D eigenvalue weighted by atomic mass is 10.3. The van der Waals surface area contributed by atoms with E-state index in [1.54, 1.807) is 0 Å². The third kappa shape index (κ3) is 1.13. The molecular weight excluding hydrogens is 198 g/mol. The van der Waals surface area contributed by atoms with Crippen LogP contribution in [-0.4, -0.2) is 31.8 Å². The molecule has 4 nitrogen and oxygen atoms in total. The van der Waals surface area contributed by atoms with Gasteiger partial charge >= 0.3 is 0 Å². The lowest BCUT2D eigenvalue weighted by Crippen LogP contribution is -2.18. The standard InChI is InChI=1S/C6H6ClN3OS/c7-2-1-4-5(11)10-6(12-4)8-3-9-10/h3-4H,1-2H2/t4-/m1/s1. The van der Waals surface area contributed by atoms with Gasteiger partial charge in [-0.2, -0.15) is 9.78 Å². The smallest absolute Gasteiger partial charge is 0.262 e. The third-order valence-corrected chi connectivity index (χ3v) is 3.05. The number of thioether (sulfide) groups is 1. The SMILES string of the molecule is O=C1[C@@H](CCCl)Sc2ncnn21. The molecule has 0 saturated heterocycles. The topological polar surface area (TPSA) is 47.8 Å². The number of carbonyl (C=O) groups excluding carboxylic acids is 1. The first kappa shape index (κ1) is 8.07. The number of halogens is 1. The minimum absolute atomic E-state index is 0.00634. The number of carbonyl (C=O) groups is 1. The summed E-state index contributed by atoms with van der Waals surface area (Å²) in [6, 6.07) is 0. The van der Waals surface area contributed by atoms with Crippen LogP contribution in [0.4, 0.5) is 0 Å². The molecule has 0 aliphatic carbocycles. The van der Waals surface area contributed by atoms with Gasteiger partial charge < -0.3 is 0 Å². The minimum atomic E-state index is -0.0845. The molecule has 1 aromatic heterocycles. The fourth-order valence-electron chi connectivity index (χ4n) is 1.06. The highest BCUT2D eigenvalue weighted by Gasteiger charge is 2.32. The predicted octanol–water partition coefficient (Wildman–Crippen LogP) is 1.02. The Balaban J connectivity index is 2.21. The molecule has 2 rings (SSSR count). The Hall–Kier alpha value is -0.550. The Morgan fingerprint density at radius 1 is 1.75 bits per heavy atom. The van der Waals surface area contributed by atoms with Crippen LogP contribution < -0.4 is 0 Å². The van der Waals surface area contributed by atoms with Gasteiger partial charge in [-0.1, -0.05) is 11.8 Å². The van der Waals surface area contributed by atoms with Crippen LogP contribution >= 0.6 is 23.4 Å². The van der Waals surface area contributed by atoms with Crippen LogP contribution in [-0.2, 0) is 0 Å². The number of fused-ring (bicyclic) bond motifs is 1. The van der Waals surface area contributed by atoms with E-state index in [9.17, 15) is 4.79 Å². The second-order valence-electron chi connectivity index (χ2n) is 2.38. The lowest BCUT2D eigenvalue weighted by molar-refractivity contribution is 0.0892. The highest BCUT2D eigenvalue weighted by atomic mass is 35.5. The quantitative estimate of drug-likeness (QED) is 0.674. The van der Waals surface area contributed by atoms with Crippen LogP contribution in [0.3, 0.4) is 0 Å². The minimum Gasteiger partial charge on any atom is -0.271 e. The maximum atomic E-state index is 11.4. The highest BCUT2D eigenvalue weighted by Crippen LogP contribution is 2.31. The van der Waals surface area contributed by atoms with Gasteiger partial charge in [-0.05, 0) is 6.42 Å². The van der Waals surface area contributed by atoms with Gasteiger partial charge in [0.05, 0.1) is 5.25 Å². The summed E-state index contributed by atoms with van der Waals surface area (Å²) >= 11 is 6.97. The second kappa shape index (κ2) is 3.06.